The quantitative estimate of drug-likeness (QED) is 0.308. The number of carbonyl (C=O) groups is 2. The van der Waals surface area contributed by atoms with Crippen molar-refractivity contribution in [1.29, 1.82) is 0 Å². The number of carbonyl (C=O) groups excluding carboxylic acids is 2. The second kappa shape index (κ2) is 13.9. The smallest absolute Gasteiger partial charge is 0.264 e. The van der Waals surface area contributed by atoms with E-state index in [1.807, 2.05) is 63.2 Å². The maximum atomic E-state index is 13.9. The van der Waals surface area contributed by atoms with Gasteiger partial charge in [-0.15, -0.1) is 0 Å². The summed E-state index contributed by atoms with van der Waals surface area (Å²) in [5, 5.41) is 2.91. The highest BCUT2D eigenvalue weighted by Crippen LogP contribution is 2.28. The van der Waals surface area contributed by atoms with Crippen molar-refractivity contribution in [2.45, 2.75) is 57.9 Å². The Balaban J connectivity index is 1.97. The van der Waals surface area contributed by atoms with Crippen LogP contribution in [-0.2, 0) is 26.0 Å². The zero-order valence-electron chi connectivity index (χ0n) is 23.3. The molecule has 8 heteroatoms. The first kappa shape index (κ1) is 29.9. The van der Waals surface area contributed by atoms with E-state index < -0.39 is 28.5 Å². The minimum absolute atomic E-state index is 0.0963. The molecule has 1 N–H and O–H groups in total. The number of anilines is 1. The van der Waals surface area contributed by atoms with Gasteiger partial charge in [-0.2, -0.15) is 0 Å². The van der Waals surface area contributed by atoms with Crippen LogP contribution in [0.2, 0.25) is 0 Å². The fourth-order valence-electron chi connectivity index (χ4n) is 4.42. The number of hydrogen-bond acceptors (Lipinski definition) is 4. The van der Waals surface area contributed by atoms with Crippen molar-refractivity contribution >= 4 is 27.5 Å². The van der Waals surface area contributed by atoms with Gasteiger partial charge in [0.05, 0.1) is 10.6 Å². The molecule has 3 rings (SSSR count). The fraction of sp³-hybridized carbons (Fsp3) is 0.355. The molecule has 0 radical (unpaired) electrons. The summed E-state index contributed by atoms with van der Waals surface area (Å²) in [6.45, 7) is 7.87. The van der Waals surface area contributed by atoms with Crippen LogP contribution >= 0.6 is 0 Å². The van der Waals surface area contributed by atoms with Gasteiger partial charge < -0.3 is 10.2 Å². The van der Waals surface area contributed by atoms with Crippen molar-refractivity contribution in [2.24, 2.45) is 0 Å². The van der Waals surface area contributed by atoms with Gasteiger partial charge in [-0.1, -0.05) is 79.6 Å². The number of nitrogens with one attached hydrogen (secondary N) is 1. The molecule has 3 aromatic carbocycles. The summed E-state index contributed by atoms with van der Waals surface area (Å²) in [5.74, 6) is -0.697. The predicted molar refractivity (Wildman–Crippen MR) is 156 cm³/mol. The summed E-state index contributed by atoms with van der Waals surface area (Å²) in [7, 11) is -4.06. The molecule has 0 saturated heterocycles. The number of rotatable bonds is 13. The van der Waals surface area contributed by atoms with Gasteiger partial charge in [0.2, 0.25) is 11.8 Å². The molecule has 2 amide bonds. The van der Waals surface area contributed by atoms with Crippen molar-refractivity contribution in [2.75, 3.05) is 23.9 Å². The molecule has 3 aromatic rings. The Morgan fingerprint density at radius 2 is 1.56 bits per heavy atom. The molecular formula is C31H39N3O4S. The molecule has 208 valence electrons. The van der Waals surface area contributed by atoms with Crippen LogP contribution in [0, 0.1) is 13.8 Å². The summed E-state index contributed by atoms with van der Waals surface area (Å²) < 4.78 is 28.9. The number of unbranched alkanes of at least 4 members (excludes halogenated alkanes) is 1. The van der Waals surface area contributed by atoms with E-state index in [4.69, 9.17) is 0 Å². The van der Waals surface area contributed by atoms with Crippen LogP contribution in [0.15, 0.2) is 83.8 Å². The van der Waals surface area contributed by atoms with Crippen molar-refractivity contribution in [3.05, 3.63) is 95.6 Å². The number of benzene rings is 3. The fourth-order valence-corrected chi connectivity index (χ4v) is 5.92. The molecule has 0 aliphatic heterocycles. The summed E-state index contributed by atoms with van der Waals surface area (Å²) in [5.41, 5.74) is 3.18. The summed E-state index contributed by atoms with van der Waals surface area (Å²) in [6.07, 6.45) is 2.31. The SMILES string of the molecule is CCCCNC(=O)[C@@H](C)N(CCc1ccccc1)C(=O)CN(c1ccc(C)cc1C)S(=O)(=O)c1ccccc1. The predicted octanol–water partition coefficient (Wildman–Crippen LogP) is 4.87. The highest BCUT2D eigenvalue weighted by Gasteiger charge is 2.32. The zero-order chi connectivity index (χ0) is 28.4. The van der Waals surface area contributed by atoms with Crippen LogP contribution in [0.25, 0.3) is 0 Å². The van der Waals surface area contributed by atoms with E-state index in [-0.39, 0.29) is 17.3 Å². The van der Waals surface area contributed by atoms with Crippen LogP contribution in [0.5, 0.6) is 0 Å². The van der Waals surface area contributed by atoms with Gasteiger partial charge in [0, 0.05) is 13.1 Å². The van der Waals surface area contributed by atoms with E-state index in [2.05, 4.69) is 5.32 Å². The molecule has 0 heterocycles. The molecule has 0 aliphatic rings. The van der Waals surface area contributed by atoms with Crippen LogP contribution in [0.4, 0.5) is 5.69 Å². The van der Waals surface area contributed by atoms with Gasteiger partial charge in [-0.3, -0.25) is 13.9 Å². The Labute approximate surface area is 232 Å². The van der Waals surface area contributed by atoms with E-state index in [0.29, 0.717) is 18.7 Å². The first-order chi connectivity index (χ1) is 18.6. The van der Waals surface area contributed by atoms with E-state index in [1.165, 1.54) is 17.0 Å². The number of nitrogens with zero attached hydrogens (tertiary/aromatic N) is 2. The van der Waals surface area contributed by atoms with Crippen LogP contribution in [-0.4, -0.2) is 50.8 Å². The Bertz CT molecular complexity index is 1340. The largest absolute Gasteiger partial charge is 0.354 e. The zero-order valence-corrected chi connectivity index (χ0v) is 24.1. The highest BCUT2D eigenvalue weighted by atomic mass is 32.2. The minimum atomic E-state index is -4.06. The third-order valence-corrected chi connectivity index (χ3v) is 8.49. The molecule has 0 spiro atoms. The molecule has 7 nitrogen and oxygen atoms in total. The van der Waals surface area contributed by atoms with Crippen LogP contribution in [0.1, 0.15) is 43.4 Å². The van der Waals surface area contributed by atoms with Gasteiger partial charge >= 0.3 is 0 Å². The molecule has 0 unspecified atom stereocenters. The van der Waals surface area contributed by atoms with Crippen LogP contribution in [0.3, 0.4) is 0 Å². The molecule has 1 atom stereocenters. The molecule has 0 saturated carbocycles. The molecule has 0 fully saturated rings. The first-order valence-corrected chi connectivity index (χ1v) is 14.8. The molecular weight excluding hydrogens is 510 g/mol. The van der Waals surface area contributed by atoms with Gasteiger partial charge in [-0.25, -0.2) is 8.42 Å². The standard InChI is InChI=1S/C31H39N3O4S/c1-5-6-20-32-31(36)26(4)33(21-19-27-13-9-7-10-14-27)30(35)23-34(29-18-17-24(2)22-25(29)3)39(37,38)28-15-11-8-12-16-28/h7-18,22,26H,5-6,19-21,23H2,1-4H3,(H,32,36)/t26-/m1/s1. The Morgan fingerprint density at radius 3 is 2.18 bits per heavy atom. The molecule has 39 heavy (non-hydrogen) atoms. The van der Waals surface area contributed by atoms with Crippen molar-refractivity contribution < 1.29 is 18.0 Å². The number of sulfonamides is 1. The summed E-state index contributed by atoms with van der Waals surface area (Å²) in [6, 6.07) is 22.5. The molecule has 0 aliphatic carbocycles. The van der Waals surface area contributed by atoms with E-state index in [0.717, 1.165) is 33.8 Å². The average molecular weight is 550 g/mol. The lowest BCUT2D eigenvalue weighted by atomic mass is 10.1. The third kappa shape index (κ3) is 7.93. The number of hydrogen-bond donors (Lipinski definition) is 1. The lowest BCUT2D eigenvalue weighted by Gasteiger charge is -2.32. The lowest BCUT2D eigenvalue weighted by molar-refractivity contribution is -0.138. The third-order valence-electron chi connectivity index (χ3n) is 6.71. The van der Waals surface area contributed by atoms with Gasteiger partial charge in [-0.05, 0) is 62.9 Å². The van der Waals surface area contributed by atoms with Crippen LogP contribution < -0.4 is 9.62 Å². The summed E-state index contributed by atoms with van der Waals surface area (Å²) in [4.78, 5) is 28.5. The first-order valence-electron chi connectivity index (χ1n) is 13.4. The molecule has 0 aromatic heterocycles. The normalized spacial score (nSPS) is 12.0. The second-order valence-corrected chi connectivity index (χ2v) is 11.6. The van der Waals surface area contributed by atoms with Crippen molar-refractivity contribution in [3.63, 3.8) is 0 Å². The van der Waals surface area contributed by atoms with Gasteiger partial charge in [0.1, 0.15) is 12.6 Å². The molecule has 0 bridgehead atoms. The maximum Gasteiger partial charge on any atom is 0.264 e. The second-order valence-electron chi connectivity index (χ2n) is 9.76. The number of aryl methyl sites for hydroxylation is 2. The van der Waals surface area contributed by atoms with Crippen molar-refractivity contribution in [1.82, 2.24) is 10.2 Å². The average Bonchev–Trinajstić information content (AvgIpc) is 2.93. The summed E-state index contributed by atoms with van der Waals surface area (Å²) >= 11 is 0. The minimum Gasteiger partial charge on any atom is -0.354 e. The topological polar surface area (TPSA) is 86.8 Å². The van der Waals surface area contributed by atoms with E-state index in [9.17, 15) is 18.0 Å². The Morgan fingerprint density at radius 1 is 0.923 bits per heavy atom. The lowest BCUT2D eigenvalue weighted by Crippen LogP contribution is -2.52. The van der Waals surface area contributed by atoms with Gasteiger partial charge in [0.25, 0.3) is 10.0 Å². The van der Waals surface area contributed by atoms with E-state index >= 15 is 0 Å². The van der Waals surface area contributed by atoms with Crippen molar-refractivity contribution in [3.8, 4) is 0 Å². The highest BCUT2D eigenvalue weighted by molar-refractivity contribution is 7.92. The monoisotopic (exact) mass is 549 g/mol. The Hall–Kier alpha value is -3.65. The van der Waals surface area contributed by atoms with Gasteiger partial charge in [0.15, 0.2) is 0 Å². The number of amides is 2. The Kier molecular flexibility index (Phi) is 10.7. The van der Waals surface area contributed by atoms with E-state index in [1.54, 1.807) is 31.2 Å². The maximum absolute atomic E-state index is 13.9.